The van der Waals surface area contributed by atoms with Crippen LogP contribution in [0, 0.1) is 5.92 Å². The molecular formula is C31H41N7O6. The number of carboxylic acid groups (broad SMARTS) is 1. The average Bonchev–Trinajstić information content (AvgIpc) is 3.27. The Labute approximate surface area is 256 Å². The van der Waals surface area contributed by atoms with Gasteiger partial charge < -0.3 is 25.4 Å². The van der Waals surface area contributed by atoms with Gasteiger partial charge in [0.2, 0.25) is 11.8 Å². The first-order valence-corrected chi connectivity index (χ1v) is 15.3. The molecule has 0 spiro atoms. The highest BCUT2D eigenvalue weighted by molar-refractivity contribution is 5.96. The molecule has 3 heterocycles. The number of ether oxygens (including phenoxy) is 1. The highest BCUT2D eigenvalue weighted by Gasteiger charge is 2.61. The Morgan fingerprint density at radius 2 is 1.93 bits per heavy atom. The van der Waals surface area contributed by atoms with Crippen LogP contribution in [0.4, 0.5) is 4.79 Å². The number of carbonyl (C=O) groups is 4. The van der Waals surface area contributed by atoms with Gasteiger partial charge in [-0.3, -0.25) is 9.59 Å². The minimum atomic E-state index is -1.41. The zero-order valence-electron chi connectivity index (χ0n) is 25.4. The summed E-state index contributed by atoms with van der Waals surface area (Å²) in [5.41, 5.74) is -1.16. The molecule has 5 rings (SSSR count). The predicted molar refractivity (Wildman–Crippen MR) is 158 cm³/mol. The van der Waals surface area contributed by atoms with Crippen LogP contribution in [-0.2, 0) is 25.5 Å². The largest absolute Gasteiger partial charge is 0.479 e. The number of amides is 3. The Balaban J connectivity index is 1.41. The third kappa shape index (κ3) is 7.25. The number of tetrazole rings is 1. The number of benzene rings is 1. The van der Waals surface area contributed by atoms with Gasteiger partial charge in [0.25, 0.3) is 0 Å². The molecule has 44 heavy (non-hydrogen) atoms. The van der Waals surface area contributed by atoms with Gasteiger partial charge in [-0.05, 0) is 57.2 Å². The number of aromatic nitrogens is 4. The smallest absolute Gasteiger partial charge is 0.408 e. The summed E-state index contributed by atoms with van der Waals surface area (Å²) in [6.45, 7) is 5.31. The van der Waals surface area contributed by atoms with Gasteiger partial charge in [-0.25, -0.2) is 9.59 Å². The topological polar surface area (TPSA) is 169 Å². The maximum atomic E-state index is 14.1. The van der Waals surface area contributed by atoms with E-state index in [4.69, 9.17) is 4.74 Å². The van der Waals surface area contributed by atoms with Crippen LogP contribution in [0.25, 0.3) is 0 Å². The molecule has 0 radical (unpaired) electrons. The molecule has 5 atom stereocenters. The number of fused-ring (bicyclic) bond motifs is 2. The number of hydrogen-bond donors (Lipinski definition) is 3. The van der Waals surface area contributed by atoms with Crippen molar-refractivity contribution in [2.45, 2.75) is 101 Å². The van der Waals surface area contributed by atoms with Crippen molar-refractivity contribution < 1.29 is 29.0 Å². The SMILES string of the molecule is CC(C)(C)OC(=O)N[C@@H]1CCCCC/C=C\[C@H]2C[C@]2(C(=O)O)NC(=O)[C@@H]2C[C@H](n3nnc(Cc4ccccc4)n3)CN2C1=O. The Hall–Kier alpha value is -4.29. The standard InChI is InChI=1S/C31H41N7O6/c1-30(2,3)44-29(43)32-23-15-11-6-4-5-10-14-21-18-31(21,28(41)42)33-26(39)24-17-22(19-37(24)27(23)40)38-35-25(34-36-38)16-20-12-8-7-9-13-20/h7-10,12-14,21-24H,4-6,11,15-19H2,1-3H3,(H,32,43)(H,33,39)(H,41,42)/b14-10-/t21-,22-,23+,24-,31-/m0/s1. The number of nitrogens with one attached hydrogen (secondary N) is 2. The predicted octanol–water partition coefficient (Wildman–Crippen LogP) is 2.78. The molecule has 1 saturated heterocycles. The van der Waals surface area contributed by atoms with Gasteiger partial charge in [0, 0.05) is 25.3 Å². The van der Waals surface area contributed by atoms with Crippen molar-refractivity contribution >= 4 is 23.9 Å². The Morgan fingerprint density at radius 1 is 1.16 bits per heavy atom. The minimum Gasteiger partial charge on any atom is -0.479 e. The molecule has 3 aliphatic rings. The second-order valence-corrected chi connectivity index (χ2v) is 12.9. The van der Waals surface area contributed by atoms with E-state index in [1.165, 1.54) is 9.70 Å². The number of alkyl carbamates (subject to hydrolysis) is 1. The lowest BCUT2D eigenvalue weighted by Gasteiger charge is -2.30. The van der Waals surface area contributed by atoms with Gasteiger partial charge in [0.15, 0.2) is 5.82 Å². The number of carbonyl (C=O) groups excluding carboxylic acids is 3. The minimum absolute atomic E-state index is 0.0912. The first-order chi connectivity index (χ1) is 20.9. The van der Waals surface area contributed by atoms with Crippen molar-refractivity contribution in [2.75, 3.05) is 6.54 Å². The number of rotatable bonds is 5. The monoisotopic (exact) mass is 607 g/mol. The van der Waals surface area contributed by atoms with Gasteiger partial charge in [-0.1, -0.05) is 55.3 Å². The molecular weight excluding hydrogens is 566 g/mol. The van der Waals surface area contributed by atoms with E-state index in [1.807, 2.05) is 42.5 Å². The summed E-state index contributed by atoms with van der Waals surface area (Å²) in [6, 6.07) is 7.30. The molecule has 2 aromatic rings. The number of nitrogens with zero attached hydrogens (tertiary/aromatic N) is 5. The van der Waals surface area contributed by atoms with Crippen LogP contribution >= 0.6 is 0 Å². The fourth-order valence-electron chi connectivity index (χ4n) is 5.95. The van der Waals surface area contributed by atoms with E-state index in [0.717, 1.165) is 24.8 Å². The molecule has 1 saturated carbocycles. The molecule has 236 valence electrons. The van der Waals surface area contributed by atoms with Crippen molar-refractivity contribution in [1.29, 1.82) is 0 Å². The average molecular weight is 608 g/mol. The van der Waals surface area contributed by atoms with E-state index >= 15 is 0 Å². The van der Waals surface area contributed by atoms with Crippen LogP contribution in [0.5, 0.6) is 0 Å². The van der Waals surface area contributed by atoms with Gasteiger partial charge in [0.05, 0.1) is 6.04 Å². The molecule has 0 unspecified atom stereocenters. The van der Waals surface area contributed by atoms with Crippen molar-refractivity contribution in [3.8, 4) is 0 Å². The van der Waals surface area contributed by atoms with Crippen molar-refractivity contribution in [2.24, 2.45) is 5.92 Å². The molecule has 1 aromatic carbocycles. The second kappa shape index (κ2) is 12.7. The van der Waals surface area contributed by atoms with E-state index in [9.17, 15) is 24.3 Å². The van der Waals surface area contributed by atoms with Crippen LogP contribution in [-0.4, -0.2) is 83.9 Å². The second-order valence-electron chi connectivity index (χ2n) is 12.9. The van der Waals surface area contributed by atoms with E-state index in [1.54, 1.807) is 20.8 Å². The molecule has 3 amide bonds. The molecule has 1 aliphatic carbocycles. The Kier molecular flexibility index (Phi) is 9.02. The summed E-state index contributed by atoms with van der Waals surface area (Å²) in [7, 11) is 0. The van der Waals surface area contributed by atoms with E-state index in [0.29, 0.717) is 25.1 Å². The normalized spacial score (nSPS) is 28.5. The molecule has 1 aromatic heterocycles. The van der Waals surface area contributed by atoms with Crippen molar-refractivity contribution in [3.05, 3.63) is 53.9 Å². The maximum absolute atomic E-state index is 14.1. The number of carboxylic acids is 1. The fourth-order valence-corrected chi connectivity index (χ4v) is 5.95. The summed E-state index contributed by atoms with van der Waals surface area (Å²) in [5, 5.41) is 28.5. The summed E-state index contributed by atoms with van der Waals surface area (Å²) in [5.74, 6) is -1.93. The zero-order valence-corrected chi connectivity index (χ0v) is 25.4. The molecule has 13 nitrogen and oxygen atoms in total. The Morgan fingerprint density at radius 3 is 2.66 bits per heavy atom. The van der Waals surface area contributed by atoms with Crippen LogP contribution in [0.1, 0.15) is 83.1 Å². The quantitative estimate of drug-likeness (QED) is 0.433. The van der Waals surface area contributed by atoms with E-state index in [-0.39, 0.29) is 25.3 Å². The Bertz CT molecular complexity index is 1400. The van der Waals surface area contributed by atoms with E-state index in [2.05, 4.69) is 26.0 Å². The van der Waals surface area contributed by atoms with Gasteiger partial charge in [0.1, 0.15) is 23.2 Å². The van der Waals surface area contributed by atoms with Crippen LogP contribution < -0.4 is 10.6 Å². The van der Waals surface area contributed by atoms with Crippen LogP contribution in [0.15, 0.2) is 42.5 Å². The number of aliphatic carboxylic acids is 1. The highest BCUT2D eigenvalue weighted by atomic mass is 16.6. The lowest BCUT2D eigenvalue weighted by molar-refractivity contribution is -0.145. The van der Waals surface area contributed by atoms with Gasteiger partial charge in [-0.15, -0.1) is 10.2 Å². The number of allylic oxidation sites excluding steroid dienone is 1. The van der Waals surface area contributed by atoms with Gasteiger partial charge >= 0.3 is 12.1 Å². The van der Waals surface area contributed by atoms with Crippen molar-refractivity contribution in [3.63, 3.8) is 0 Å². The lowest BCUT2D eigenvalue weighted by atomic mass is 10.0. The first kappa shape index (κ1) is 31.1. The third-order valence-electron chi connectivity index (χ3n) is 8.33. The fraction of sp³-hybridized carbons (Fsp3) is 0.581. The molecule has 3 N–H and O–H groups in total. The third-order valence-corrected chi connectivity index (χ3v) is 8.33. The first-order valence-electron chi connectivity index (χ1n) is 15.3. The summed E-state index contributed by atoms with van der Waals surface area (Å²) in [4.78, 5) is 55.8. The molecule has 2 aliphatic heterocycles. The maximum Gasteiger partial charge on any atom is 0.408 e. The zero-order chi connectivity index (χ0) is 31.5. The molecule has 2 fully saturated rings. The highest BCUT2D eigenvalue weighted by Crippen LogP contribution is 2.45. The lowest BCUT2D eigenvalue weighted by Crippen LogP contribution is -2.56. The van der Waals surface area contributed by atoms with Crippen LogP contribution in [0.3, 0.4) is 0 Å². The summed E-state index contributed by atoms with van der Waals surface area (Å²) in [6.07, 6.45) is 7.48. The molecule has 13 heteroatoms. The van der Waals surface area contributed by atoms with E-state index < -0.39 is 53.1 Å². The number of hydrogen-bond acceptors (Lipinski definition) is 8. The summed E-state index contributed by atoms with van der Waals surface area (Å²) < 4.78 is 5.44. The molecule has 0 bridgehead atoms. The van der Waals surface area contributed by atoms with Gasteiger partial charge in [-0.2, -0.15) is 4.80 Å². The van der Waals surface area contributed by atoms with Crippen molar-refractivity contribution in [1.82, 2.24) is 35.7 Å². The van der Waals surface area contributed by atoms with Crippen LogP contribution in [0.2, 0.25) is 0 Å². The summed E-state index contributed by atoms with van der Waals surface area (Å²) >= 11 is 0.